The summed E-state index contributed by atoms with van der Waals surface area (Å²) < 4.78 is 8.04. The first kappa shape index (κ1) is 13.3. The zero-order valence-corrected chi connectivity index (χ0v) is 12.9. The second-order valence-corrected chi connectivity index (χ2v) is 5.64. The van der Waals surface area contributed by atoms with Crippen LogP contribution in [-0.4, -0.2) is 16.7 Å². The molecule has 0 saturated carbocycles. The highest BCUT2D eigenvalue weighted by atomic mass is 79.9. The van der Waals surface area contributed by atoms with Crippen LogP contribution in [0.25, 0.3) is 16.7 Å². The minimum atomic E-state index is 0.405. The van der Waals surface area contributed by atoms with E-state index < -0.39 is 0 Å². The summed E-state index contributed by atoms with van der Waals surface area (Å²) in [6.07, 6.45) is 0. The van der Waals surface area contributed by atoms with Gasteiger partial charge in [0.05, 0.1) is 23.8 Å². The molecule has 1 heterocycles. The van der Waals surface area contributed by atoms with Crippen molar-refractivity contribution in [1.82, 2.24) is 9.55 Å². The lowest BCUT2D eigenvalue weighted by atomic mass is 10.2. The minimum Gasteiger partial charge on any atom is -0.497 e. The summed E-state index contributed by atoms with van der Waals surface area (Å²) in [7, 11) is 1.63. The second-order valence-electron chi connectivity index (χ2n) is 4.29. The number of anilines is 1. The van der Waals surface area contributed by atoms with Crippen molar-refractivity contribution in [3.8, 4) is 11.4 Å². The van der Waals surface area contributed by atoms with Crippen LogP contribution in [0.5, 0.6) is 5.75 Å². The first-order chi connectivity index (χ1) is 9.58. The number of aromatic nitrogens is 2. The molecule has 2 aromatic carbocycles. The third-order valence-corrected chi connectivity index (χ3v) is 3.69. The highest BCUT2D eigenvalue weighted by Crippen LogP contribution is 2.29. The Morgan fingerprint density at radius 1 is 1.25 bits per heavy atom. The third-order valence-electron chi connectivity index (χ3n) is 2.99. The number of rotatable bonds is 2. The Kier molecular flexibility index (Phi) is 3.31. The molecule has 0 aliphatic rings. The van der Waals surface area contributed by atoms with E-state index in [1.807, 2.05) is 34.9 Å². The van der Waals surface area contributed by atoms with Crippen molar-refractivity contribution in [2.75, 3.05) is 12.8 Å². The molecule has 3 aromatic rings. The molecule has 0 unspecified atom stereocenters. The highest BCUT2D eigenvalue weighted by Gasteiger charge is 2.11. The monoisotopic (exact) mass is 351 g/mol. The molecule has 0 saturated heterocycles. The van der Waals surface area contributed by atoms with E-state index in [0.29, 0.717) is 11.0 Å². The van der Waals surface area contributed by atoms with Gasteiger partial charge in [-0.25, -0.2) is 4.98 Å². The lowest BCUT2D eigenvalue weighted by molar-refractivity contribution is 0.414. The molecular weight excluding hydrogens is 342 g/mol. The number of ether oxygens (including phenoxy) is 1. The zero-order chi connectivity index (χ0) is 14.3. The Balaban J connectivity index is 2.29. The van der Waals surface area contributed by atoms with Crippen LogP contribution in [0.1, 0.15) is 0 Å². The molecule has 3 rings (SSSR count). The van der Waals surface area contributed by atoms with E-state index >= 15 is 0 Å². The molecule has 0 bridgehead atoms. The number of benzene rings is 2. The largest absolute Gasteiger partial charge is 0.497 e. The van der Waals surface area contributed by atoms with E-state index in [4.69, 9.17) is 22.1 Å². The predicted molar refractivity (Wildman–Crippen MR) is 84.7 cm³/mol. The number of nitrogens with zero attached hydrogens (tertiary/aromatic N) is 2. The van der Waals surface area contributed by atoms with Crippen molar-refractivity contribution in [2.45, 2.75) is 0 Å². The molecule has 0 aliphatic carbocycles. The number of halogens is 2. The fourth-order valence-electron chi connectivity index (χ4n) is 2.14. The first-order valence-corrected chi connectivity index (χ1v) is 7.04. The van der Waals surface area contributed by atoms with Crippen molar-refractivity contribution in [2.24, 2.45) is 0 Å². The van der Waals surface area contributed by atoms with Gasteiger partial charge in [0, 0.05) is 15.6 Å². The van der Waals surface area contributed by atoms with E-state index in [-0.39, 0.29) is 0 Å². The maximum absolute atomic E-state index is 6.03. The second kappa shape index (κ2) is 5.00. The molecular formula is C14H11BrClN3O. The Labute approximate surface area is 129 Å². The van der Waals surface area contributed by atoms with Crippen molar-refractivity contribution < 1.29 is 4.74 Å². The summed E-state index contributed by atoms with van der Waals surface area (Å²) in [5.41, 5.74) is 8.56. The van der Waals surface area contributed by atoms with Crippen LogP contribution in [-0.2, 0) is 0 Å². The zero-order valence-electron chi connectivity index (χ0n) is 10.6. The molecule has 4 nitrogen and oxygen atoms in total. The maximum atomic E-state index is 6.03. The third kappa shape index (κ3) is 2.23. The fraction of sp³-hybridized carbons (Fsp3) is 0.0714. The molecule has 0 aliphatic heterocycles. The van der Waals surface area contributed by atoms with Gasteiger partial charge in [-0.1, -0.05) is 27.5 Å². The minimum absolute atomic E-state index is 0.405. The van der Waals surface area contributed by atoms with E-state index in [0.717, 1.165) is 26.9 Å². The van der Waals surface area contributed by atoms with Crippen molar-refractivity contribution in [3.05, 3.63) is 45.9 Å². The molecule has 0 radical (unpaired) electrons. The summed E-state index contributed by atoms with van der Waals surface area (Å²) >= 11 is 9.45. The molecule has 6 heteroatoms. The van der Waals surface area contributed by atoms with Gasteiger partial charge in [-0.3, -0.25) is 4.57 Å². The topological polar surface area (TPSA) is 53.1 Å². The van der Waals surface area contributed by atoms with Gasteiger partial charge in [0.1, 0.15) is 5.75 Å². The van der Waals surface area contributed by atoms with Crippen molar-refractivity contribution in [3.63, 3.8) is 0 Å². The molecule has 102 valence electrons. The van der Waals surface area contributed by atoms with Gasteiger partial charge in [0.25, 0.3) is 0 Å². The lowest BCUT2D eigenvalue weighted by Gasteiger charge is -2.09. The highest BCUT2D eigenvalue weighted by molar-refractivity contribution is 9.10. The fourth-order valence-corrected chi connectivity index (χ4v) is 2.76. The van der Waals surface area contributed by atoms with Crippen LogP contribution in [0.15, 0.2) is 40.9 Å². The Bertz CT molecular complexity index is 800. The summed E-state index contributed by atoms with van der Waals surface area (Å²) in [4.78, 5) is 4.34. The van der Waals surface area contributed by atoms with Gasteiger partial charge >= 0.3 is 0 Å². The maximum Gasteiger partial charge on any atom is 0.205 e. The van der Waals surface area contributed by atoms with Crippen LogP contribution in [0.4, 0.5) is 5.95 Å². The average Bonchev–Trinajstić information content (AvgIpc) is 2.72. The van der Waals surface area contributed by atoms with Gasteiger partial charge < -0.3 is 10.5 Å². The quantitative estimate of drug-likeness (QED) is 0.757. The van der Waals surface area contributed by atoms with Crippen LogP contribution in [0.3, 0.4) is 0 Å². The normalized spacial score (nSPS) is 10.9. The van der Waals surface area contributed by atoms with Gasteiger partial charge in [-0.2, -0.15) is 0 Å². The number of imidazole rings is 1. The van der Waals surface area contributed by atoms with Gasteiger partial charge in [-0.05, 0) is 30.3 Å². The molecule has 0 amide bonds. The van der Waals surface area contributed by atoms with E-state index in [1.165, 1.54) is 0 Å². The lowest BCUT2D eigenvalue weighted by Crippen LogP contribution is -2.01. The number of methoxy groups -OCH3 is 1. The van der Waals surface area contributed by atoms with Gasteiger partial charge in [0.15, 0.2) is 0 Å². The molecule has 0 atom stereocenters. The first-order valence-electron chi connectivity index (χ1n) is 5.87. The molecule has 1 aromatic heterocycles. The number of hydrogen-bond donors (Lipinski definition) is 1. The van der Waals surface area contributed by atoms with E-state index in [2.05, 4.69) is 20.9 Å². The van der Waals surface area contributed by atoms with Gasteiger partial charge in [0.2, 0.25) is 5.95 Å². The molecule has 2 N–H and O–H groups in total. The number of fused-ring (bicyclic) bond motifs is 1. The molecule has 20 heavy (non-hydrogen) atoms. The van der Waals surface area contributed by atoms with Crippen LogP contribution in [0, 0.1) is 0 Å². The molecule has 0 fully saturated rings. The Morgan fingerprint density at radius 3 is 2.80 bits per heavy atom. The number of hydrogen-bond acceptors (Lipinski definition) is 3. The van der Waals surface area contributed by atoms with Gasteiger partial charge in [-0.15, -0.1) is 0 Å². The van der Waals surface area contributed by atoms with Crippen LogP contribution in [0.2, 0.25) is 5.02 Å². The number of nitrogen functional groups attached to an aromatic ring is 1. The van der Waals surface area contributed by atoms with Crippen molar-refractivity contribution >= 4 is 44.5 Å². The smallest absolute Gasteiger partial charge is 0.205 e. The summed E-state index contributed by atoms with van der Waals surface area (Å²) in [5.74, 6) is 1.15. The van der Waals surface area contributed by atoms with E-state index in [1.54, 1.807) is 13.2 Å². The summed E-state index contributed by atoms with van der Waals surface area (Å²) in [5, 5.41) is 0.633. The van der Waals surface area contributed by atoms with Crippen LogP contribution >= 0.6 is 27.5 Å². The Morgan fingerprint density at radius 2 is 2.05 bits per heavy atom. The van der Waals surface area contributed by atoms with Crippen LogP contribution < -0.4 is 10.5 Å². The number of nitrogens with two attached hydrogens (primary N) is 1. The summed E-state index contributed by atoms with van der Waals surface area (Å²) in [6.45, 7) is 0. The van der Waals surface area contributed by atoms with E-state index in [9.17, 15) is 0 Å². The molecule has 0 spiro atoms. The van der Waals surface area contributed by atoms with Crippen molar-refractivity contribution in [1.29, 1.82) is 0 Å². The standard InChI is InChI=1S/C14H11BrClN3O/c1-20-11-5-8(15)4-10(7-11)19-13-3-2-9(16)6-12(13)18-14(19)17/h2-7H,1H3,(H2,17,18). The Hall–Kier alpha value is -1.72. The SMILES string of the molecule is COc1cc(Br)cc(-n2c(N)nc3cc(Cl)ccc32)c1. The average molecular weight is 353 g/mol. The predicted octanol–water partition coefficient (Wildman–Crippen LogP) is 4.03. The summed E-state index contributed by atoms with van der Waals surface area (Å²) in [6, 6.07) is 11.2.